The second-order valence-electron chi connectivity index (χ2n) is 28.9. The zero-order chi connectivity index (χ0) is 75.7. The number of unbranched alkanes of at least 4 members (excludes halogenated alkanes) is 23. The van der Waals surface area contributed by atoms with Crippen molar-refractivity contribution in [1.82, 2.24) is 0 Å². The summed E-state index contributed by atoms with van der Waals surface area (Å²) in [6.45, 7) is 21.0. The van der Waals surface area contributed by atoms with Crippen molar-refractivity contribution in [2.45, 2.75) is 286 Å². The average Bonchev–Trinajstić information content (AvgIpc) is 0.800. The maximum absolute atomic E-state index is 14.3. The third-order valence-electron chi connectivity index (χ3n) is 18.8. The largest absolute Gasteiger partial charge is 0.494 e. The maximum Gasteiger partial charge on any atom is 0.343 e. The van der Waals surface area contributed by atoms with Crippen LogP contribution >= 0.6 is 0 Å². The van der Waals surface area contributed by atoms with Crippen LogP contribution in [-0.4, -0.2) is 56.4 Å². The number of carbonyl (C=O) groups excluding carboxylic acids is 2. The van der Waals surface area contributed by atoms with Crippen LogP contribution in [0, 0.1) is 27.9 Å². The van der Waals surface area contributed by atoms with Gasteiger partial charge in [0.2, 0.25) is 5.75 Å². The van der Waals surface area contributed by atoms with Gasteiger partial charge in [0.15, 0.2) is 0 Å². The van der Waals surface area contributed by atoms with Crippen molar-refractivity contribution in [1.29, 1.82) is 0 Å². The van der Waals surface area contributed by atoms with E-state index >= 15 is 0 Å². The Morgan fingerprint density at radius 3 is 1.22 bits per heavy atom. The fraction of sp³-hybridized carbons (Fsp3) is 0.527. The number of allylic oxidation sites excluding steroid dienone is 4. The van der Waals surface area contributed by atoms with E-state index in [2.05, 4.69) is 84.6 Å². The van der Waals surface area contributed by atoms with Gasteiger partial charge in [-0.3, -0.25) is 10.1 Å². The number of nitro groups is 1. The van der Waals surface area contributed by atoms with Crippen LogP contribution < -0.4 is 33.3 Å². The van der Waals surface area contributed by atoms with Crippen LogP contribution in [0.15, 0.2) is 146 Å². The lowest BCUT2D eigenvalue weighted by Crippen LogP contribution is -2.17. The zero-order valence-corrected chi connectivity index (χ0v) is 66.3. The van der Waals surface area contributed by atoms with Crippen LogP contribution in [0.25, 0.3) is 22.3 Å². The number of ether oxygens (including phenoxy) is 6. The molecule has 0 spiro atoms. The summed E-state index contributed by atoms with van der Waals surface area (Å²) in [4.78, 5) is 42.4. The van der Waals surface area contributed by atoms with E-state index in [1.54, 1.807) is 36.4 Å². The van der Waals surface area contributed by atoms with E-state index in [4.69, 9.17) is 28.4 Å². The second-order valence-corrected chi connectivity index (χ2v) is 28.9. The Balaban J connectivity index is 0.00000118. The molecule has 0 aromatic heterocycles. The van der Waals surface area contributed by atoms with Crippen molar-refractivity contribution in [3.05, 3.63) is 178 Å². The Bertz CT molecular complexity index is 3510. The normalized spacial score (nSPS) is 11.8. The standard InChI is InChI=1S/C78H102N2O10.C15H28/c1-9-13-17-21-23-25-27-31-53-85-69-49-45-63(46-50-69)61-35-39-65(40-36-61)77(81)89-74-57-71(79(7)8)75(88-60(6)34-30-20-16-12-4)55-68(74)44-43-67-56-76(72(80(83)84)58-73(67)87-59(5)33-29-19-15-11-3)90-78(82)66-41-37-62(38-42-66)64-47-51-70(52-48-64)86-54-32-28-26-24-22-18-14-10-2;1-4-5-6-7-8-9-10-11-12-13-14-15(2)3/h35-42,45-52,55-60H,9-34,53-54H2,1-8H3;8-9,11-12,15H,4-7,10,13-14H2,1-3H3/b;9-8-,12-11-/t59-,60-;/m0./s1. The summed E-state index contributed by atoms with van der Waals surface area (Å²) in [6.07, 6.45) is 47.6. The highest BCUT2D eigenvalue weighted by Gasteiger charge is 2.25. The van der Waals surface area contributed by atoms with Gasteiger partial charge in [-0.25, -0.2) is 9.59 Å². The molecule has 0 aliphatic carbocycles. The number of benzene rings is 6. The molecule has 12 nitrogen and oxygen atoms in total. The molecule has 0 N–H and O–H groups in total. The Morgan fingerprint density at radius 1 is 0.419 bits per heavy atom. The first-order valence-corrected chi connectivity index (χ1v) is 40.5. The van der Waals surface area contributed by atoms with E-state index in [-0.39, 0.29) is 40.6 Å². The molecule has 0 bridgehead atoms. The number of nitrogens with zero attached hydrogens (tertiary/aromatic N) is 2. The van der Waals surface area contributed by atoms with Gasteiger partial charge < -0.3 is 33.3 Å². The lowest BCUT2D eigenvalue weighted by Gasteiger charge is -2.23. The fourth-order valence-electron chi connectivity index (χ4n) is 12.2. The highest BCUT2D eigenvalue weighted by atomic mass is 16.6. The van der Waals surface area contributed by atoms with Crippen molar-refractivity contribution < 1.29 is 42.9 Å². The molecule has 0 aliphatic heterocycles. The van der Waals surface area contributed by atoms with Gasteiger partial charge in [0.25, 0.3) is 0 Å². The maximum atomic E-state index is 14.3. The van der Waals surface area contributed by atoms with Gasteiger partial charge in [0, 0.05) is 32.3 Å². The van der Waals surface area contributed by atoms with E-state index in [0.717, 1.165) is 123 Å². The monoisotopic (exact) mass is 1430 g/mol. The molecule has 0 saturated heterocycles. The Morgan fingerprint density at radius 2 is 0.790 bits per heavy atom. The molecule has 6 rings (SSSR count). The molecule has 0 saturated carbocycles. The average molecular weight is 1440 g/mol. The van der Waals surface area contributed by atoms with Crippen LogP contribution in [0.1, 0.15) is 306 Å². The van der Waals surface area contributed by atoms with Gasteiger partial charge in [-0.2, -0.15) is 0 Å². The van der Waals surface area contributed by atoms with Gasteiger partial charge in [-0.05, 0) is 161 Å². The summed E-state index contributed by atoms with van der Waals surface area (Å²) in [5.74, 6) is 8.09. The van der Waals surface area contributed by atoms with Gasteiger partial charge in [0.05, 0.1) is 64.4 Å². The van der Waals surface area contributed by atoms with Crippen molar-refractivity contribution in [2.24, 2.45) is 5.92 Å². The summed E-state index contributed by atoms with van der Waals surface area (Å²) in [6, 6.07) is 36.3. The summed E-state index contributed by atoms with van der Waals surface area (Å²) in [5, 5.41) is 12.9. The Kier molecular flexibility index (Phi) is 43.8. The molecule has 2 atom stereocenters. The molecular weight excluding hydrogens is 1310 g/mol. The van der Waals surface area contributed by atoms with E-state index in [1.807, 2.05) is 106 Å². The number of anilines is 1. The van der Waals surface area contributed by atoms with Crippen LogP contribution in [0.4, 0.5) is 11.4 Å². The van der Waals surface area contributed by atoms with Gasteiger partial charge in [-0.1, -0.05) is 274 Å². The fourth-order valence-corrected chi connectivity index (χ4v) is 12.2. The lowest BCUT2D eigenvalue weighted by atomic mass is 10.0. The molecule has 0 amide bonds. The predicted octanol–water partition coefficient (Wildman–Crippen LogP) is 26.9. The van der Waals surface area contributed by atoms with Crippen LogP contribution in [0.3, 0.4) is 0 Å². The number of esters is 2. The minimum absolute atomic E-state index is 0.139. The third-order valence-corrected chi connectivity index (χ3v) is 18.8. The summed E-state index contributed by atoms with van der Waals surface area (Å²) in [5.41, 5.74) is 5.02. The molecule has 105 heavy (non-hydrogen) atoms. The van der Waals surface area contributed by atoms with E-state index in [9.17, 15) is 19.7 Å². The van der Waals surface area contributed by atoms with Gasteiger partial charge in [0.1, 0.15) is 28.7 Å². The molecule has 12 heteroatoms. The molecule has 0 heterocycles. The number of nitro benzene ring substituents is 1. The lowest BCUT2D eigenvalue weighted by molar-refractivity contribution is -0.385. The smallest absolute Gasteiger partial charge is 0.343 e. The van der Waals surface area contributed by atoms with Crippen molar-refractivity contribution in [3.8, 4) is 68.6 Å². The Hall–Kier alpha value is -8.30. The first-order valence-electron chi connectivity index (χ1n) is 40.5. The number of hydrogen-bond donors (Lipinski definition) is 0. The third kappa shape index (κ3) is 35.1. The van der Waals surface area contributed by atoms with Crippen molar-refractivity contribution >= 4 is 23.3 Å². The van der Waals surface area contributed by atoms with Crippen LogP contribution in [-0.2, 0) is 0 Å². The highest BCUT2D eigenvalue weighted by Crippen LogP contribution is 2.39. The van der Waals surface area contributed by atoms with E-state index in [0.29, 0.717) is 42.2 Å². The van der Waals surface area contributed by atoms with Crippen molar-refractivity contribution in [2.75, 3.05) is 32.2 Å². The zero-order valence-electron chi connectivity index (χ0n) is 66.3. The SMILES string of the molecule is CCCCC/C=C\C/C=C\CCC(C)C.CCCCCCCCCCOc1ccc(-c2ccc(C(=O)Oc3cc(N(C)C)c(O[C@@H](C)CCCCCC)cc3C#Cc3cc(OC(=O)c4ccc(-c5ccc(OCCCCCCCCCC)cc5)cc4)c([N+](=O)[O-])cc3O[C@@H](C)CCCCCC)cc2)cc1. The van der Waals surface area contributed by atoms with E-state index in [1.165, 1.54) is 134 Å². The minimum atomic E-state index is -0.787. The van der Waals surface area contributed by atoms with Crippen LogP contribution in [0.5, 0.6) is 34.5 Å². The molecule has 6 aromatic rings. The number of rotatable bonds is 51. The first kappa shape index (κ1) is 87.3. The first-order chi connectivity index (χ1) is 51.1. The highest BCUT2D eigenvalue weighted by molar-refractivity contribution is 5.93. The Labute approximate surface area is 634 Å². The second kappa shape index (κ2) is 52.6. The van der Waals surface area contributed by atoms with Gasteiger partial charge in [-0.15, -0.1) is 0 Å². The molecule has 0 radical (unpaired) electrons. The molecule has 0 aliphatic rings. The van der Waals surface area contributed by atoms with Gasteiger partial charge >= 0.3 is 17.6 Å². The topological polar surface area (TPSA) is 136 Å². The number of carbonyl (C=O) groups is 2. The molecular formula is C93H130N2O10. The molecule has 572 valence electrons. The quantitative estimate of drug-likeness (QED) is 0.00687. The molecule has 6 aromatic carbocycles. The number of hydrogen-bond acceptors (Lipinski definition) is 11. The van der Waals surface area contributed by atoms with Crippen LogP contribution in [0.2, 0.25) is 0 Å². The van der Waals surface area contributed by atoms with E-state index < -0.39 is 22.5 Å². The summed E-state index contributed by atoms with van der Waals surface area (Å²) < 4.78 is 37.5. The summed E-state index contributed by atoms with van der Waals surface area (Å²) >= 11 is 0. The van der Waals surface area contributed by atoms with Crippen molar-refractivity contribution in [3.63, 3.8) is 0 Å². The summed E-state index contributed by atoms with van der Waals surface area (Å²) in [7, 11) is 3.79. The molecule has 0 unspecified atom stereocenters. The predicted molar refractivity (Wildman–Crippen MR) is 439 cm³/mol. The minimum Gasteiger partial charge on any atom is -0.494 e. The molecule has 0 fully saturated rings.